The fourth-order valence-electron chi connectivity index (χ4n) is 0.353. The molecule has 0 atom stereocenters. The van der Waals surface area contributed by atoms with E-state index in [2.05, 4.69) is 6.92 Å². The van der Waals surface area contributed by atoms with Crippen LogP contribution in [0.2, 0.25) is 0 Å². The Morgan fingerprint density at radius 3 is 2.67 bits per heavy atom. The van der Waals surface area contributed by atoms with Gasteiger partial charge in [0.15, 0.2) is 0 Å². The summed E-state index contributed by atoms with van der Waals surface area (Å²) in [7, 11) is 0. The molecule has 1 radical (unpaired) electrons. The topological polar surface area (TPSA) is 0 Å². The first-order valence-electron chi connectivity index (χ1n) is 2.65. The maximum absolute atomic E-state index is 11.3. The molecule has 0 unspecified atom stereocenters. The molecule has 53 valence electrons. The van der Waals surface area contributed by atoms with Crippen LogP contribution in [0, 0.1) is 6.92 Å². The zero-order valence-electron chi connectivity index (χ0n) is 5.07. The van der Waals surface area contributed by atoms with Gasteiger partial charge < -0.3 is 0 Å². The van der Waals surface area contributed by atoms with Gasteiger partial charge in [-0.25, -0.2) is 0 Å². The van der Waals surface area contributed by atoms with Gasteiger partial charge in [0, 0.05) is 0 Å². The SMILES string of the molecule is [CH2]CSCCC=C(F)F. The summed E-state index contributed by atoms with van der Waals surface area (Å²) >= 11 is 1.56. The van der Waals surface area contributed by atoms with Gasteiger partial charge in [0.25, 0.3) is 6.08 Å². The highest BCUT2D eigenvalue weighted by Gasteiger charge is 1.86. The van der Waals surface area contributed by atoms with Crippen molar-refractivity contribution in [3.05, 3.63) is 19.1 Å². The second-order valence-electron chi connectivity index (χ2n) is 1.39. The number of hydrogen-bond donors (Lipinski definition) is 0. The number of hydrogen-bond acceptors (Lipinski definition) is 1. The molecular formula is C6H9F2S. The standard InChI is InChI=1S/C6H9F2S/c1-2-9-5-3-4-6(7)8/h4H,1-3,5H2. The summed E-state index contributed by atoms with van der Waals surface area (Å²) in [5.74, 6) is 1.49. The van der Waals surface area contributed by atoms with Crippen molar-refractivity contribution in [1.29, 1.82) is 0 Å². The molecule has 0 aromatic rings. The molecule has 0 aliphatic heterocycles. The highest BCUT2D eigenvalue weighted by molar-refractivity contribution is 7.99. The molecule has 0 bridgehead atoms. The normalized spacial score (nSPS) is 9.22. The van der Waals surface area contributed by atoms with E-state index in [9.17, 15) is 8.78 Å². The molecule has 0 aromatic carbocycles. The van der Waals surface area contributed by atoms with Crippen molar-refractivity contribution in [2.75, 3.05) is 11.5 Å². The second-order valence-corrected chi connectivity index (χ2v) is 2.62. The fourth-order valence-corrected chi connectivity index (χ4v) is 0.842. The van der Waals surface area contributed by atoms with Crippen molar-refractivity contribution in [2.45, 2.75) is 6.42 Å². The number of rotatable bonds is 4. The molecule has 0 saturated heterocycles. The Morgan fingerprint density at radius 2 is 2.22 bits per heavy atom. The van der Waals surface area contributed by atoms with E-state index < -0.39 is 6.08 Å². The van der Waals surface area contributed by atoms with E-state index in [-0.39, 0.29) is 0 Å². The molecule has 0 aliphatic rings. The van der Waals surface area contributed by atoms with Gasteiger partial charge in [-0.05, 0) is 30.9 Å². The highest BCUT2D eigenvalue weighted by Crippen LogP contribution is 2.04. The zero-order valence-corrected chi connectivity index (χ0v) is 5.89. The van der Waals surface area contributed by atoms with Gasteiger partial charge in [0.2, 0.25) is 0 Å². The van der Waals surface area contributed by atoms with Crippen LogP contribution >= 0.6 is 11.8 Å². The van der Waals surface area contributed by atoms with E-state index in [0.29, 0.717) is 6.42 Å². The third-order valence-electron chi connectivity index (χ3n) is 0.705. The molecule has 0 amide bonds. The lowest BCUT2D eigenvalue weighted by Crippen LogP contribution is -1.75. The van der Waals surface area contributed by atoms with Gasteiger partial charge in [-0.2, -0.15) is 20.5 Å². The van der Waals surface area contributed by atoms with Crippen molar-refractivity contribution in [3.63, 3.8) is 0 Å². The molecule has 0 spiro atoms. The molecule has 0 aliphatic carbocycles. The largest absolute Gasteiger partial charge is 0.266 e. The van der Waals surface area contributed by atoms with Crippen LogP contribution in [-0.4, -0.2) is 11.5 Å². The third kappa shape index (κ3) is 7.95. The Morgan fingerprint density at radius 1 is 1.56 bits per heavy atom. The van der Waals surface area contributed by atoms with Crippen LogP contribution in [0.25, 0.3) is 0 Å². The Hall–Kier alpha value is -0.0500. The van der Waals surface area contributed by atoms with Crippen molar-refractivity contribution in [3.8, 4) is 0 Å². The van der Waals surface area contributed by atoms with E-state index in [0.717, 1.165) is 17.6 Å². The molecule has 3 heteroatoms. The van der Waals surface area contributed by atoms with E-state index in [4.69, 9.17) is 0 Å². The summed E-state index contributed by atoms with van der Waals surface area (Å²) in [5.41, 5.74) is 0. The summed E-state index contributed by atoms with van der Waals surface area (Å²) in [6, 6.07) is 0. The first kappa shape index (κ1) is 8.95. The Bertz CT molecular complexity index is 87.1. The van der Waals surface area contributed by atoms with E-state index in [1.807, 2.05) is 0 Å². The monoisotopic (exact) mass is 151 g/mol. The molecule has 0 N–H and O–H groups in total. The van der Waals surface area contributed by atoms with Gasteiger partial charge in [-0.15, -0.1) is 0 Å². The van der Waals surface area contributed by atoms with Gasteiger partial charge in [-0.3, -0.25) is 0 Å². The summed E-state index contributed by atoms with van der Waals surface area (Å²) in [6.07, 6.45) is -0.204. The van der Waals surface area contributed by atoms with Gasteiger partial charge in [0.1, 0.15) is 0 Å². The molecule has 0 nitrogen and oxygen atoms in total. The van der Waals surface area contributed by atoms with Crippen molar-refractivity contribution in [2.24, 2.45) is 0 Å². The van der Waals surface area contributed by atoms with Crippen molar-refractivity contribution >= 4 is 11.8 Å². The maximum Gasteiger partial charge on any atom is 0.266 e. The van der Waals surface area contributed by atoms with Crippen LogP contribution in [0.1, 0.15) is 6.42 Å². The quantitative estimate of drug-likeness (QED) is 0.557. The van der Waals surface area contributed by atoms with Crippen molar-refractivity contribution < 1.29 is 8.78 Å². The van der Waals surface area contributed by atoms with E-state index in [1.54, 1.807) is 11.8 Å². The molecule has 0 heterocycles. The van der Waals surface area contributed by atoms with E-state index >= 15 is 0 Å². The minimum absolute atomic E-state index is 0.447. The predicted molar refractivity (Wildman–Crippen MR) is 37.6 cm³/mol. The van der Waals surface area contributed by atoms with Crippen LogP contribution in [0.4, 0.5) is 8.78 Å². The van der Waals surface area contributed by atoms with Crippen LogP contribution in [0.15, 0.2) is 12.2 Å². The molecule has 0 fully saturated rings. The smallest absolute Gasteiger partial charge is 0.174 e. The highest BCUT2D eigenvalue weighted by atomic mass is 32.2. The number of thioether (sulfide) groups is 1. The molecule has 0 aromatic heterocycles. The van der Waals surface area contributed by atoms with Gasteiger partial charge >= 0.3 is 0 Å². The number of halogens is 2. The Balaban J connectivity index is 3.00. The van der Waals surface area contributed by atoms with Crippen LogP contribution in [0.5, 0.6) is 0 Å². The Labute approximate surface area is 58.3 Å². The average Bonchev–Trinajstić information content (AvgIpc) is 1.80. The van der Waals surface area contributed by atoms with Crippen LogP contribution in [0.3, 0.4) is 0 Å². The summed E-state index contributed by atoms with van der Waals surface area (Å²) in [6.45, 7) is 3.56. The first-order valence-corrected chi connectivity index (χ1v) is 3.81. The first-order chi connectivity index (χ1) is 4.27. The Kier molecular flexibility index (Phi) is 6.04. The lowest BCUT2D eigenvalue weighted by molar-refractivity contribution is 0.418. The molecule has 0 rings (SSSR count). The van der Waals surface area contributed by atoms with Crippen LogP contribution in [-0.2, 0) is 0 Å². The minimum atomic E-state index is -1.58. The predicted octanol–water partition coefficient (Wildman–Crippen LogP) is 2.72. The lowest BCUT2D eigenvalue weighted by atomic mass is 10.5. The maximum atomic E-state index is 11.3. The summed E-state index contributed by atoms with van der Waals surface area (Å²) < 4.78 is 22.6. The minimum Gasteiger partial charge on any atom is -0.174 e. The fraction of sp³-hybridized carbons (Fsp3) is 0.500. The summed E-state index contributed by atoms with van der Waals surface area (Å²) in [5, 5.41) is 0. The van der Waals surface area contributed by atoms with Gasteiger partial charge in [-0.1, -0.05) is 0 Å². The van der Waals surface area contributed by atoms with Crippen LogP contribution < -0.4 is 0 Å². The molecule has 0 saturated carbocycles. The van der Waals surface area contributed by atoms with E-state index in [1.165, 1.54) is 0 Å². The lowest BCUT2D eigenvalue weighted by Gasteiger charge is -1.89. The molecule has 9 heavy (non-hydrogen) atoms. The molecular weight excluding hydrogens is 142 g/mol. The third-order valence-corrected chi connectivity index (χ3v) is 1.52. The number of allylic oxidation sites excluding steroid dienone is 1. The zero-order chi connectivity index (χ0) is 7.11. The average molecular weight is 151 g/mol. The van der Waals surface area contributed by atoms with Crippen molar-refractivity contribution in [1.82, 2.24) is 0 Å². The van der Waals surface area contributed by atoms with Gasteiger partial charge in [0.05, 0.1) is 0 Å². The second kappa shape index (κ2) is 6.08. The summed E-state index contributed by atoms with van der Waals surface area (Å²) in [4.78, 5) is 0.